The minimum atomic E-state index is -0.791. The minimum Gasteiger partial charge on any atom is -0.481 e. The number of aromatic nitrogens is 1. The Bertz CT molecular complexity index is 1080. The molecule has 11 heteroatoms. The molecule has 2 aliphatic rings. The lowest BCUT2D eigenvalue weighted by Gasteiger charge is -2.36. The molecule has 0 atom stereocenters. The van der Waals surface area contributed by atoms with Crippen LogP contribution in [-0.2, 0) is 9.59 Å². The number of nitrogens with zero attached hydrogens (tertiary/aromatic N) is 3. The number of Topliss-reactive ketones (excluding diaryl/α,β-unsaturated/α-hetero) is 1. The van der Waals surface area contributed by atoms with Crippen molar-refractivity contribution in [1.82, 2.24) is 9.88 Å². The van der Waals surface area contributed by atoms with Crippen molar-refractivity contribution in [2.45, 2.75) is 76.9 Å². The third-order valence-electron chi connectivity index (χ3n) is 7.62. The van der Waals surface area contributed by atoms with Crippen molar-refractivity contribution in [1.29, 1.82) is 0 Å². The van der Waals surface area contributed by atoms with E-state index in [-0.39, 0.29) is 45.6 Å². The number of aliphatic imine (C=N–C) groups is 1. The fourth-order valence-corrected chi connectivity index (χ4v) is 5.83. The van der Waals surface area contributed by atoms with Gasteiger partial charge in [-0.25, -0.2) is 0 Å². The number of halogens is 2. The van der Waals surface area contributed by atoms with Crippen molar-refractivity contribution in [3.05, 3.63) is 39.8 Å². The summed E-state index contributed by atoms with van der Waals surface area (Å²) >= 11 is 12.4. The first kappa shape index (κ1) is 30.1. The van der Waals surface area contributed by atoms with Crippen LogP contribution in [0.2, 0.25) is 10.0 Å². The van der Waals surface area contributed by atoms with Crippen LogP contribution in [0.25, 0.3) is 0 Å². The van der Waals surface area contributed by atoms with Crippen LogP contribution < -0.4 is 5.73 Å². The average molecular weight is 568 g/mol. The van der Waals surface area contributed by atoms with Gasteiger partial charge in [0.25, 0.3) is 5.91 Å². The Kier molecular flexibility index (Phi) is 10.3. The van der Waals surface area contributed by atoms with E-state index in [0.29, 0.717) is 63.6 Å². The number of hydrogen-bond donors (Lipinski definition) is 3. The predicted octanol–water partition coefficient (Wildman–Crippen LogP) is 4.29. The first-order valence-electron chi connectivity index (χ1n) is 12.9. The number of aliphatic hydroxyl groups is 1. The highest BCUT2D eigenvalue weighted by Crippen LogP contribution is 2.33. The highest BCUT2D eigenvalue weighted by molar-refractivity contribution is 6.39. The maximum Gasteiger partial charge on any atom is 0.306 e. The van der Waals surface area contributed by atoms with Gasteiger partial charge in [0.1, 0.15) is 0 Å². The number of carboxylic acids is 1. The number of pyridine rings is 1. The van der Waals surface area contributed by atoms with Crippen molar-refractivity contribution >= 4 is 46.6 Å². The summed E-state index contributed by atoms with van der Waals surface area (Å²) in [5.74, 6) is -1.91. The van der Waals surface area contributed by atoms with Gasteiger partial charge >= 0.3 is 5.97 Å². The number of hydrogen-bond acceptors (Lipinski definition) is 7. The van der Waals surface area contributed by atoms with E-state index in [0.717, 1.165) is 0 Å². The first-order chi connectivity index (χ1) is 17.9. The van der Waals surface area contributed by atoms with E-state index in [2.05, 4.69) is 4.98 Å². The molecule has 0 saturated heterocycles. The molecule has 1 aromatic heterocycles. The number of carbonyl (C=O) groups is 3. The summed E-state index contributed by atoms with van der Waals surface area (Å²) in [6.45, 7) is 3.55. The molecule has 208 valence electrons. The number of aliphatic carboxylic acids is 1. The van der Waals surface area contributed by atoms with E-state index in [1.165, 1.54) is 23.5 Å². The van der Waals surface area contributed by atoms with Crippen molar-refractivity contribution in [2.24, 2.45) is 22.6 Å². The fourth-order valence-electron chi connectivity index (χ4n) is 5.26. The minimum absolute atomic E-state index is 0.0953. The van der Waals surface area contributed by atoms with Crippen LogP contribution in [0.3, 0.4) is 0 Å². The Labute approximate surface area is 233 Å². The molecule has 2 fully saturated rings. The van der Waals surface area contributed by atoms with E-state index >= 15 is 0 Å². The quantitative estimate of drug-likeness (QED) is 0.229. The van der Waals surface area contributed by atoms with Gasteiger partial charge in [-0.2, -0.15) is 0 Å². The Morgan fingerprint density at radius 1 is 1.13 bits per heavy atom. The van der Waals surface area contributed by atoms with Gasteiger partial charge in [0.2, 0.25) is 0 Å². The third kappa shape index (κ3) is 7.77. The molecule has 0 spiro atoms. The van der Waals surface area contributed by atoms with Gasteiger partial charge in [-0.3, -0.25) is 24.4 Å². The molecular formula is C27H36Cl2N4O5. The molecular weight excluding hydrogens is 531 g/mol. The molecule has 0 aromatic carbocycles. The zero-order chi connectivity index (χ0) is 28.0. The van der Waals surface area contributed by atoms with E-state index in [1.54, 1.807) is 6.92 Å². The van der Waals surface area contributed by atoms with Crippen LogP contribution in [0.1, 0.15) is 75.6 Å². The van der Waals surface area contributed by atoms with Crippen molar-refractivity contribution in [3.63, 3.8) is 0 Å². The summed E-state index contributed by atoms with van der Waals surface area (Å²) in [6, 6.07) is -0.0987. The van der Waals surface area contributed by atoms with Crippen LogP contribution in [0.5, 0.6) is 0 Å². The normalized spacial score (nSPS) is 26.6. The van der Waals surface area contributed by atoms with Gasteiger partial charge in [0.05, 0.1) is 45.3 Å². The topological polar surface area (TPSA) is 146 Å². The molecule has 1 aromatic rings. The van der Waals surface area contributed by atoms with Crippen LogP contribution in [0.4, 0.5) is 0 Å². The maximum atomic E-state index is 13.8. The molecule has 38 heavy (non-hydrogen) atoms. The Hall–Kier alpha value is -2.49. The average Bonchev–Trinajstić information content (AvgIpc) is 2.85. The SMILES string of the molecule is CC(=NC1CCC(C(=O)O)CC1)C(=CN)C(=O)N(CC(=O)c1c(Cl)cncc1Cl)CC1CCC(C)(O)CC1. The van der Waals surface area contributed by atoms with Gasteiger partial charge in [-0.05, 0) is 71.1 Å². The summed E-state index contributed by atoms with van der Waals surface area (Å²) in [5.41, 5.74) is 5.91. The van der Waals surface area contributed by atoms with Crippen LogP contribution in [0.15, 0.2) is 29.2 Å². The van der Waals surface area contributed by atoms with Gasteiger partial charge < -0.3 is 20.8 Å². The largest absolute Gasteiger partial charge is 0.481 e. The lowest BCUT2D eigenvalue weighted by atomic mass is 9.79. The molecule has 4 N–H and O–H groups in total. The van der Waals surface area contributed by atoms with Gasteiger partial charge in [-0.1, -0.05) is 23.2 Å². The molecule has 2 saturated carbocycles. The zero-order valence-electron chi connectivity index (χ0n) is 21.8. The van der Waals surface area contributed by atoms with Crippen molar-refractivity contribution in [2.75, 3.05) is 13.1 Å². The van der Waals surface area contributed by atoms with Crippen LogP contribution >= 0.6 is 23.2 Å². The molecule has 2 aliphatic carbocycles. The van der Waals surface area contributed by atoms with E-state index < -0.39 is 23.3 Å². The molecule has 1 amide bonds. The zero-order valence-corrected chi connectivity index (χ0v) is 23.3. The molecule has 0 unspecified atom stereocenters. The summed E-state index contributed by atoms with van der Waals surface area (Å²) in [4.78, 5) is 48.3. The van der Waals surface area contributed by atoms with Gasteiger partial charge in [0, 0.05) is 30.9 Å². The molecule has 0 aliphatic heterocycles. The van der Waals surface area contributed by atoms with Gasteiger partial charge in [-0.15, -0.1) is 0 Å². The van der Waals surface area contributed by atoms with Crippen molar-refractivity contribution in [3.8, 4) is 0 Å². The molecule has 0 bridgehead atoms. The predicted molar refractivity (Wildman–Crippen MR) is 147 cm³/mol. The fraction of sp³-hybridized carbons (Fsp3) is 0.593. The standard InChI is InChI=1S/C27H36Cl2N4O5/c1-16(32-19-5-3-18(4-6-19)26(36)37)20(11-30)25(35)33(14-17-7-9-27(2,38)10-8-17)15-23(34)24-21(28)12-31-13-22(24)29/h11-13,17-19,38H,3-10,14-15,30H2,1-2H3,(H,36,37). The highest BCUT2D eigenvalue weighted by atomic mass is 35.5. The molecule has 0 radical (unpaired) electrons. The summed E-state index contributed by atoms with van der Waals surface area (Å²) in [7, 11) is 0. The smallest absolute Gasteiger partial charge is 0.306 e. The number of ketones is 1. The second kappa shape index (κ2) is 13.0. The second-order valence-electron chi connectivity index (χ2n) is 10.7. The number of carbonyl (C=O) groups excluding carboxylic acids is 2. The van der Waals surface area contributed by atoms with Crippen LogP contribution in [0, 0.1) is 11.8 Å². The Morgan fingerprint density at radius 3 is 2.24 bits per heavy atom. The lowest BCUT2D eigenvalue weighted by Crippen LogP contribution is -2.43. The monoisotopic (exact) mass is 566 g/mol. The van der Waals surface area contributed by atoms with E-state index in [1.807, 2.05) is 6.92 Å². The summed E-state index contributed by atoms with van der Waals surface area (Å²) < 4.78 is 0. The van der Waals surface area contributed by atoms with E-state index in [4.69, 9.17) is 33.9 Å². The molecule has 3 rings (SSSR count). The third-order valence-corrected chi connectivity index (χ3v) is 8.20. The number of nitrogens with two attached hydrogens (primary N) is 1. The lowest BCUT2D eigenvalue weighted by molar-refractivity contribution is -0.142. The molecule has 9 nitrogen and oxygen atoms in total. The van der Waals surface area contributed by atoms with Crippen LogP contribution in [-0.4, -0.2) is 68.2 Å². The Balaban J connectivity index is 1.81. The summed E-state index contributed by atoms with van der Waals surface area (Å²) in [6.07, 6.45) is 8.80. The number of amides is 1. The first-order valence-corrected chi connectivity index (χ1v) is 13.7. The highest BCUT2D eigenvalue weighted by Gasteiger charge is 2.33. The number of carboxylic acid groups (broad SMARTS) is 1. The maximum absolute atomic E-state index is 13.8. The van der Waals surface area contributed by atoms with Gasteiger partial charge in [0.15, 0.2) is 5.78 Å². The second-order valence-corrected chi connectivity index (χ2v) is 11.5. The Morgan fingerprint density at radius 2 is 1.71 bits per heavy atom. The van der Waals surface area contributed by atoms with E-state index in [9.17, 15) is 24.6 Å². The van der Waals surface area contributed by atoms with Crippen molar-refractivity contribution < 1.29 is 24.6 Å². The summed E-state index contributed by atoms with van der Waals surface area (Å²) in [5, 5.41) is 19.8. The molecule has 1 heterocycles. The number of rotatable bonds is 9.